The zero-order chi connectivity index (χ0) is 16.1. The predicted octanol–water partition coefficient (Wildman–Crippen LogP) is 3.12. The highest BCUT2D eigenvalue weighted by atomic mass is 32.1. The molecule has 22 heavy (non-hydrogen) atoms. The molecule has 2 rings (SSSR count). The first kappa shape index (κ1) is 15.5. The van der Waals surface area contributed by atoms with Crippen LogP contribution in [0.15, 0.2) is 42.5 Å². The molecule has 0 heterocycles. The normalized spacial score (nSPS) is 9.86. The van der Waals surface area contributed by atoms with Crippen LogP contribution in [0, 0.1) is 10.1 Å². The molecule has 0 atom stereocenters. The number of nitrogens with one attached hydrogen (secondary N) is 2. The number of nitrogens with zero attached hydrogens (tertiary/aromatic N) is 1. The van der Waals surface area contributed by atoms with Gasteiger partial charge in [-0.2, -0.15) is 0 Å². The number of hydrogen-bond donors (Lipinski definition) is 3. The molecule has 0 bridgehead atoms. The number of nitro benzene ring substituents is 1. The summed E-state index contributed by atoms with van der Waals surface area (Å²) in [4.78, 5) is 10.1. The molecule has 0 aliphatic heterocycles. The van der Waals surface area contributed by atoms with Crippen molar-refractivity contribution in [1.29, 1.82) is 0 Å². The fourth-order valence-electron chi connectivity index (χ4n) is 1.69. The Morgan fingerprint density at radius 1 is 1.23 bits per heavy atom. The number of phenols is 1. The Kier molecular flexibility index (Phi) is 4.74. The first-order chi connectivity index (χ1) is 10.5. The van der Waals surface area contributed by atoms with Crippen LogP contribution in [0.3, 0.4) is 0 Å². The van der Waals surface area contributed by atoms with Crippen molar-refractivity contribution in [2.45, 2.75) is 0 Å². The third-order valence-electron chi connectivity index (χ3n) is 2.79. The van der Waals surface area contributed by atoms with E-state index in [9.17, 15) is 15.2 Å². The lowest BCUT2D eigenvalue weighted by Gasteiger charge is -2.12. The lowest BCUT2D eigenvalue weighted by Crippen LogP contribution is -2.19. The molecule has 7 nitrogen and oxygen atoms in total. The summed E-state index contributed by atoms with van der Waals surface area (Å²) >= 11 is 5.13. The van der Waals surface area contributed by atoms with Gasteiger partial charge in [-0.05, 0) is 36.5 Å². The van der Waals surface area contributed by atoms with Gasteiger partial charge in [-0.15, -0.1) is 0 Å². The number of methoxy groups -OCH3 is 1. The lowest BCUT2D eigenvalue weighted by molar-refractivity contribution is -0.384. The summed E-state index contributed by atoms with van der Waals surface area (Å²) in [5.74, 6) is 0.590. The van der Waals surface area contributed by atoms with Gasteiger partial charge >= 0.3 is 0 Å². The lowest BCUT2D eigenvalue weighted by atomic mass is 10.2. The Morgan fingerprint density at radius 3 is 2.50 bits per heavy atom. The van der Waals surface area contributed by atoms with E-state index in [1.807, 2.05) is 0 Å². The molecule has 2 aromatic rings. The largest absolute Gasteiger partial charge is 0.506 e. The second-order valence-corrected chi connectivity index (χ2v) is 4.67. The molecular formula is C14H13N3O4S. The van der Waals surface area contributed by atoms with Crippen LogP contribution in [-0.4, -0.2) is 22.3 Å². The topological polar surface area (TPSA) is 96.7 Å². The molecule has 2 aromatic carbocycles. The van der Waals surface area contributed by atoms with Gasteiger partial charge in [0.15, 0.2) is 5.11 Å². The maximum atomic E-state index is 10.6. The second-order valence-electron chi connectivity index (χ2n) is 4.27. The average molecular weight is 319 g/mol. The van der Waals surface area contributed by atoms with Crippen molar-refractivity contribution >= 4 is 34.4 Å². The number of nitro groups is 1. The molecule has 0 radical (unpaired) electrons. The van der Waals surface area contributed by atoms with Crippen LogP contribution in [0.1, 0.15) is 0 Å². The molecule has 0 aliphatic carbocycles. The van der Waals surface area contributed by atoms with Crippen molar-refractivity contribution in [2.75, 3.05) is 17.7 Å². The minimum atomic E-state index is -0.478. The summed E-state index contributed by atoms with van der Waals surface area (Å²) in [6.45, 7) is 0. The molecule has 0 fully saturated rings. The Morgan fingerprint density at radius 2 is 1.91 bits per heavy atom. The summed E-state index contributed by atoms with van der Waals surface area (Å²) in [7, 11) is 1.52. The quantitative estimate of drug-likeness (QED) is 0.345. The zero-order valence-corrected chi connectivity index (χ0v) is 12.4. The van der Waals surface area contributed by atoms with Crippen LogP contribution in [0.25, 0.3) is 0 Å². The molecule has 0 unspecified atom stereocenters. The molecular weight excluding hydrogens is 306 g/mol. The number of non-ortho nitro benzene ring substituents is 1. The molecule has 0 aromatic heterocycles. The van der Waals surface area contributed by atoms with Crippen molar-refractivity contribution < 1.29 is 14.8 Å². The van der Waals surface area contributed by atoms with E-state index in [0.29, 0.717) is 17.1 Å². The van der Waals surface area contributed by atoms with Crippen LogP contribution in [0.4, 0.5) is 17.1 Å². The maximum Gasteiger partial charge on any atom is 0.269 e. The van der Waals surface area contributed by atoms with Gasteiger partial charge in [-0.1, -0.05) is 0 Å². The van der Waals surface area contributed by atoms with E-state index < -0.39 is 4.92 Å². The number of aromatic hydroxyl groups is 1. The third-order valence-corrected chi connectivity index (χ3v) is 2.99. The van der Waals surface area contributed by atoms with Gasteiger partial charge in [0, 0.05) is 23.9 Å². The van der Waals surface area contributed by atoms with Gasteiger partial charge < -0.3 is 20.5 Å². The van der Waals surface area contributed by atoms with Crippen LogP contribution >= 0.6 is 12.2 Å². The van der Waals surface area contributed by atoms with Gasteiger partial charge in [0.1, 0.15) is 11.5 Å². The molecule has 0 amide bonds. The Balaban J connectivity index is 2.05. The van der Waals surface area contributed by atoms with Crippen LogP contribution in [-0.2, 0) is 0 Å². The van der Waals surface area contributed by atoms with E-state index >= 15 is 0 Å². The minimum absolute atomic E-state index is 0.00475. The van der Waals surface area contributed by atoms with Crippen molar-refractivity contribution in [2.24, 2.45) is 0 Å². The molecule has 0 saturated carbocycles. The minimum Gasteiger partial charge on any atom is -0.506 e. The number of hydrogen-bond acceptors (Lipinski definition) is 5. The smallest absolute Gasteiger partial charge is 0.269 e. The SMILES string of the molecule is COc1ccc(O)c(NC(=S)Nc2ccc([N+](=O)[O-])cc2)c1. The summed E-state index contributed by atoms with van der Waals surface area (Å²) in [6, 6.07) is 10.5. The first-order valence-corrected chi connectivity index (χ1v) is 6.60. The fraction of sp³-hybridized carbons (Fsp3) is 0.0714. The number of phenolic OH excluding ortho intramolecular Hbond substituents is 1. The molecule has 0 saturated heterocycles. The Hall–Kier alpha value is -2.87. The van der Waals surface area contributed by atoms with Crippen LogP contribution in [0.2, 0.25) is 0 Å². The van der Waals surface area contributed by atoms with Gasteiger partial charge in [-0.25, -0.2) is 0 Å². The highest BCUT2D eigenvalue weighted by Gasteiger charge is 2.07. The third kappa shape index (κ3) is 3.83. The molecule has 8 heteroatoms. The van der Waals surface area contributed by atoms with Gasteiger partial charge in [0.25, 0.3) is 5.69 Å². The summed E-state index contributed by atoms with van der Waals surface area (Å²) in [5, 5.41) is 26.3. The van der Waals surface area contributed by atoms with E-state index in [4.69, 9.17) is 17.0 Å². The molecule has 114 valence electrons. The van der Waals surface area contributed by atoms with Crippen LogP contribution < -0.4 is 15.4 Å². The van der Waals surface area contributed by atoms with E-state index in [-0.39, 0.29) is 16.5 Å². The van der Waals surface area contributed by atoms with Crippen molar-refractivity contribution in [3.05, 3.63) is 52.6 Å². The van der Waals surface area contributed by atoms with E-state index in [2.05, 4.69) is 10.6 Å². The second kappa shape index (κ2) is 6.72. The number of anilines is 2. The Bertz CT molecular complexity index is 704. The summed E-state index contributed by atoms with van der Waals surface area (Å²) < 4.78 is 5.07. The number of thiocarbonyl (C=S) groups is 1. The molecule has 3 N–H and O–H groups in total. The first-order valence-electron chi connectivity index (χ1n) is 6.19. The summed E-state index contributed by atoms with van der Waals surface area (Å²) in [6.07, 6.45) is 0. The monoisotopic (exact) mass is 319 g/mol. The highest BCUT2D eigenvalue weighted by molar-refractivity contribution is 7.80. The maximum absolute atomic E-state index is 10.6. The highest BCUT2D eigenvalue weighted by Crippen LogP contribution is 2.28. The van der Waals surface area contributed by atoms with Crippen molar-refractivity contribution in [3.63, 3.8) is 0 Å². The van der Waals surface area contributed by atoms with Crippen molar-refractivity contribution in [1.82, 2.24) is 0 Å². The van der Waals surface area contributed by atoms with E-state index in [0.717, 1.165) is 0 Å². The molecule has 0 spiro atoms. The average Bonchev–Trinajstić information content (AvgIpc) is 2.50. The number of ether oxygens (including phenoxy) is 1. The van der Waals surface area contributed by atoms with Gasteiger partial charge in [0.05, 0.1) is 17.7 Å². The van der Waals surface area contributed by atoms with E-state index in [1.165, 1.54) is 37.4 Å². The van der Waals surface area contributed by atoms with Gasteiger partial charge in [0.2, 0.25) is 0 Å². The van der Waals surface area contributed by atoms with Gasteiger partial charge in [-0.3, -0.25) is 10.1 Å². The van der Waals surface area contributed by atoms with E-state index in [1.54, 1.807) is 12.1 Å². The predicted molar refractivity (Wildman–Crippen MR) is 87.6 cm³/mol. The molecule has 0 aliphatic rings. The van der Waals surface area contributed by atoms with Crippen molar-refractivity contribution in [3.8, 4) is 11.5 Å². The fourth-order valence-corrected chi connectivity index (χ4v) is 1.92. The Labute approximate surface area is 131 Å². The summed E-state index contributed by atoms with van der Waals surface area (Å²) in [5.41, 5.74) is 0.971. The zero-order valence-electron chi connectivity index (χ0n) is 11.6. The number of rotatable bonds is 4. The number of benzene rings is 2. The standard InChI is InChI=1S/C14H13N3O4S/c1-21-11-6-7-13(18)12(8-11)16-14(22)15-9-2-4-10(5-3-9)17(19)20/h2-8,18H,1H3,(H2,15,16,22). The van der Waals surface area contributed by atoms with Crippen LogP contribution in [0.5, 0.6) is 11.5 Å².